The van der Waals surface area contributed by atoms with E-state index in [2.05, 4.69) is 20.5 Å². The SMILES string of the molecule is c1n[nH]c(CCCNCC2CCCC2)n1. The molecule has 0 spiro atoms. The lowest BCUT2D eigenvalue weighted by atomic mass is 10.1. The standard InChI is InChI=1S/C11H20N4/c1-2-5-10(4-1)8-12-7-3-6-11-13-9-14-15-11/h9-10,12H,1-8H2,(H,13,14,15). The third-order valence-electron chi connectivity index (χ3n) is 3.14. The molecule has 84 valence electrons. The Morgan fingerprint density at radius 3 is 3.00 bits per heavy atom. The first kappa shape index (κ1) is 10.6. The van der Waals surface area contributed by atoms with Gasteiger partial charge in [-0.3, -0.25) is 5.10 Å². The smallest absolute Gasteiger partial charge is 0.137 e. The van der Waals surface area contributed by atoms with Crippen molar-refractivity contribution in [3.8, 4) is 0 Å². The van der Waals surface area contributed by atoms with Crippen LogP contribution < -0.4 is 5.32 Å². The molecule has 1 heterocycles. The van der Waals surface area contributed by atoms with Crippen molar-refractivity contribution in [2.75, 3.05) is 13.1 Å². The second kappa shape index (κ2) is 5.85. The Balaban J connectivity index is 1.48. The van der Waals surface area contributed by atoms with E-state index >= 15 is 0 Å². The summed E-state index contributed by atoms with van der Waals surface area (Å²) in [6, 6.07) is 0. The maximum Gasteiger partial charge on any atom is 0.137 e. The molecule has 1 saturated carbocycles. The number of nitrogens with one attached hydrogen (secondary N) is 2. The zero-order valence-electron chi connectivity index (χ0n) is 9.21. The van der Waals surface area contributed by atoms with Gasteiger partial charge in [-0.1, -0.05) is 12.8 Å². The quantitative estimate of drug-likeness (QED) is 0.697. The Labute approximate surface area is 90.9 Å². The molecule has 4 nitrogen and oxygen atoms in total. The number of nitrogens with zero attached hydrogens (tertiary/aromatic N) is 2. The van der Waals surface area contributed by atoms with Gasteiger partial charge in [0.05, 0.1) is 0 Å². The first-order chi connectivity index (χ1) is 7.45. The zero-order valence-corrected chi connectivity index (χ0v) is 9.21. The van der Waals surface area contributed by atoms with Crippen LogP contribution in [0.1, 0.15) is 37.9 Å². The van der Waals surface area contributed by atoms with E-state index in [4.69, 9.17) is 0 Å². The lowest BCUT2D eigenvalue weighted by Crippen LogP contribution is -2.22. The largest absolute Gasteiger partial charge is 0.316 e. The maximum atomic E-state index is 4.10. The molecular formula is C11H20N4. The second-order valence-electron chi connectivity index (χ2n) is 4.39. The highest BCUT2D eigenvalue weighted by Crippen LogP contribution is 2.23. The second-order valence-corrected chi connectivity index (χ2v) is 4.39. The molecule has 1 aliphatic rings. The lowest BCUT2D eigenvalue weighted by Gasteiger charge is -2.09. The summed E-state index contributed by atoms with van der Waals surface area (Å²) >= 11 is 0. The van der Waals surface area contributed by atoms with Crippen molar-refractivity contribution in [2.24, 2.45) is 5.92 Å². The number of aromatic nitrogens is 3. The molecule has 0 aromatic carbocycles. The number of aryl methyl sites for hydroxylation is 1. The summed E-state index contributed by atoms with van der Waals surface area (Å²) in [5, 5.41) is 10.2. The van der Waals surface area contributed by atoms with Crippen LogP contribution in [0, 0.1) is 5.92 Å². The molecule has 0 unspecified atom stereocenters. The van der Waals surface area contributed by atoms with E-state index < -0.39 is 0 Å². The molecule has 0 atom stereocenters. The van der Waals surface area contributed by atoms with Crippen LogP contribution in [0.2, 0.25) is 0 Å². The van der Waals surface area contributed by atoms with Gasteiger partial charge >= 0.3 is 0 Å². The van der Waals surface area contributed by atoms with Crippen molar-refractivity contribution in [3.05, 3.63) is 12.2 Å². The highest BCUT2D eigenvalue weighted by Gasteiger charge is 2.13. The third kappa shape index (κ3) is 3.63. The van der Waals surface area contributed by atoms with Gasteiger partial charge in [-0.25, -0.2) is 4.98 Å². The van der Waals surface area contributed by atoms with Gasteiger partial charge in [0.1, 0.15) is 12.2 Å². The minimum absolute atomic E-state index is 0.940. The highest BCUT2D eigenvalue weighted by molar-refractivity contribution is 4.79. The molecule has 0 radical (unpaired) electrons. The summed E-state index contributed by atoms with van der Waals surface area (Å²) in [5.74, 6) is 1.94. The number of hydrogen-bond donors (Lipinski definition) is 2. The first-order valence-electron chi connectivity index (χ1n) is 6.00. The molecule has 1 aromatic heterocycles. The first-order valence-corrected chi connectivity index (χ1v) is 6.00. The van der Waals surface area contributed by atoms with Crippen molar-refractivity contribution in [1.29, 1.82) is 0 Å². The van der Waals surface area contributed by atoms with Crippen LogP contribution in [0.25, 0.3) is 0 Å². The van der Waals surface area contributed by atoms with Gasteiger partial charge in [-0.15, -0.1) is 0 Å². The number of aromatic amines is 1. The molecule has 2 N–H and O–H groups in total. The van der Waals surface area contributed by atoms with Crippen molar-refractivity contribution < 1.29 is 0 Å². The lowest BCUT2D eigenvalue weighted by molar-refractivity contribution is 0.485. The van der Waals surface area contributed by atoms with E-state index in [1.165, 1.54) is 32.2 Å². The molecule has 1 aromatic rings. The Morgan fingerprint density at radius 2 is 2.27 bits per heavy atom. The average molecular weight is 208 g/mol. The van der Waals surface area contributed by atoms with E-state index in [0.717, 1.165) is 31.1 Å². The van der Waals surface area contributed by atoms with Crippen LogP contribution >= 0.6 is 0 Å². The summed E-state index contributed by atoms with van der Waals surface area (Å²) in [5.41, 5.74) is 0. The van der Waals surface area contributed by atoms with Crippen LogP contribution in [0.3, 0.4) is 0 Å². The minimum atomic E-state index is 0.940. The fourth-order valence-corrected chi connectivity index (χ4v) is 2.25. The van der Waals surface area contributed by atoms with E-state index in [0.29, 0.717) is 0 Å². The number of rotatable bonds is 6. The van der Waals surface area contributed by atoms with Gasteiger partial charge in [-0.05, 0) is 38.3 Å². The topological polar surface area (TPSA) is 53.6 Å². The predicted molar refractivity (Wildman–Crippen MR) is 59.5 cm³/mol. The molecular weight excluding hydrogens is 188 g/mol. The van der Waals surface area contributed by atoms with Crippen molar-refractivity contribution in [3.63, 3.8) is 0 Å². The summed E-state index contributed by atoms with van der Waals surface area (Å²) in [6.07, 6.45) is 9.43. The van der Waals surface area contributed by atoms with Gasteiger partial charge in [0.2, 0.25) is 0 Å². The predicted octanol–water partition coefficient (Wildman–Crippen LogP) is 1.52. The summed E-state index contributed by atoms with van der Waals surface area (Å²) in [6.45, 7) is 2.30. The zero-order chi connectivity index (χ0) is 10.3. The van der Waals surface area contributed by atoms with Crippen molar-refractivity contribution in [2.45, 2.75) is 38.5 Å². The van der Waals surface area contributed by atoms with Gasteiger partial charge < -0.3 is 5.32 Å². The van der Waals surface area contributed by atoms with Crippen LogP contribution in [-0.2, 0) is 6.42 Å². The Morgan fingerprint density at radius 1 is 1.40 bits per heavy atom. The molecule has 0 bridgehead atoms. The van der Waals surface area contributed by atoms with Crippen LogP contribution in [-0.4, -0.2) is 28.3 Å². The van der Waals surface area contributed by atoms with Crippen molar-refractivity contribution >= 4 is 0 Å². The molecule has 1 aliphatic carbocycles. The van der Waals surface area contributed by atoms with Crippen LogP contribution in [0.5, 0.6) is 0 Å². The molecule has 15 heavy (non-hydrogen) atoms. The molecule has 0 amide bonds. The van der Waals surface area contributed by atoms with Gasteiger partial charge in [0.25, 0.3) is 0 Å². The highest BCUT2D eigenvalue weighted by atomic mass is 15.2. The van der Waals surface area contributed by atoms with E-state index in [1.807, 2.05) is 0 Å². The summed E-state index contributed by atoms with van der Waals surface area (Å²) in [7, 11) is 0. The maximum absolute atomic E-state index is 4.10. The van der Waals surface area contributed by atoms with E-state index in [-0.39, 0.29) is 0 Å². The number of H-pyrrole nitrogens is 1. The fourth-order valence-electron chi connectivity index (χ4n) is 2.25. The number of hydrogen-bond acceptors (Lipinski definition) is 3. The van der Waals surface area contributed by atoms with Gasteiger partial charge in [0.15, 0.2) is 0 Å². The van der Waals surface area contributed by atoms with E-state index in [1.54, 1.807) is 6.33 Å². The Hall–Kier alpha value is -0.900. The molecule has 0 saturated heterocycles. The molecule has 1 fully saturated rings. The van der Waals surface area contributed by atoms with Crippen LogP contribution in [0.4, 0.5) is 0 Å². The Kier molecular flexibility index (Phi) is 4.14. The molecule has 2 rings (SSSR count). The molecule has 0 aliphatic heterocycles. The summed E-state index contributed by atoms with van der Waals surface area (Å²) < 4.78 is 0. The average Bonchev–Trinajstić information content (AvgIpc) is 2.88. The van der Waals surface area contributed by atoms with Crippen LogP contribution in [0.15, 0.2) is 6.33 Å². The minimum Gasteiger partial charge on any atom is -0.316 e. The summed E-state index contributed by atoms with van der Waals surface area (Å²) in [4.78, 5) is 4.10. The van der Waals surface area contributed by atoms with E-state index in [9.17, 15) is 0 Å². The normalized spacial score (nSPS) is 17.3. The van der Waals surface area contributed by atoms with Gasteiger partial charge in [0, 0.05) is 6.42 Å². The van der Waals surface area contributed by atoms with Gasteiger partial charge in [-0.2, -0.15) is 5.10 Å². The monoisotopic (exact) mass is 208 g/mol. The third-order valence-corrected chi connectivity index (χ3v) is 3.14. The Bertz CT molecular complexity index is 252. The fraction of sp³-hybridized carbons (Fsp3) is 0.818. The van der Waals surface area contributed by atoms with Crippen molar-refractivity contribution in [1.82, 2.24) is 20.5 Å². The molecule has 4 heteroatoms.